The lowest BCUT2D eigenvalue weighted by molar-refractivity contribution is -0.134. The van der Waals surface area contributed by atoms with Crippen LogP contribution in [0.5, 0.6) is 0 Å². The van der Waals surface area contributed by atoms with Gasteiger partial charge >= 0.3 is 5.97 Å². The number of esters is 1. The van der Waals surface area contributed by atoms with E-state index in [9.17, 15) is 4.79 Å². The molecular formula is C13H12O2. The molecule has 0 aromatic heterocycles. The Balaban J connectivity index is 2.44. The predicted octanol–water partition coefficient (Wildman–Crippen LogP) is 2.57. The van der Waals surface area contributed by atoms with E-state index in [0.29, 0.717) is 18.6 Å². The van der Waals surface area contributed by atoms with Gasteiger partial charge in [-0.25, -0.2) is 4.79 Å². The van der Waals surface area contributed by atoms with E-state index >= 15 is 0 Å². The normalized spacial score (nSPS) is 15.3. The third kappa shape index (κ3) is 1.84. The van der Waals surface area contributed by atoms with Crippen LogP contribution < -0.4 is 0 Å². The molecule has 76 valence electrons. The van der Waals surface area contributed by atoms with Crippen molar-refractivity contribution < 1.29 is 9.53 Å². The van der Waals surface area contributed by atoms with E-state index in [1.165, 1.54) is 0 Å². The van der Waals surface area contributed by atoms with E-state index in [1.807, 2.05) is 30.3 Å². The number of hydrogen-bond acceptors (Lipinski definition) is 2. The zero-order valence-electron chi connectivity index (χ0n) is 8.40. The average Bonchev–Trinajstić information content (AvgIpc) is 2.62. The second-order valence-electron chi connectivity index (χ2n) is 3.41. The Labute approximate surface area is 88.9 Å². The van der Waals surface area contributed by atoms with Crippen molar-refractivity contribution in [3.63, 3.8) is 0 Å². The Bertz CT molecular complexity index is 415. The topological polar surface area (TPSA) is 26.3 Å². The van der Waals surface area contributed by atoms with Crippen LogP contribution in [0, 0.1) is 0 Å². The summed E-state index contributed by atoms with van der Waals surface area (Å²) in [6, 6.07) is 9.60. The maximum atomic E-state index is 11.5. The first-order valence-electron chi connectivity index (χ1n) is 4.88. The minimum absolute atomic E-state index is 0.224. The number of carbonyl (C=O) groups is 1. The van der Waals surface area contributed by atoms with Gasteiger partial charge in [-0.2, -0.15) is 0 Å². The highest BCUT2D eigenvalue weighted by molar-refractivity contribution is 6.19. The van der Waals surface area contributed by atoms with E-state index in [-0.39, 0.29) is 5.97 Å². The van der Waals surface area contributed by atoms with Gasteiger partial charge in [0.05, 0.1) is 5.57 Å². The van der Waals surface area contributed by atoms with Crippen LogP contribution in [0.2, 0.25) is 0 Å². The SMILES string of the molecule is C=CCC1=C(c2ccccc2)C(=O)OC1. The number of benzene rings is 1. The zero-order chi connectivity index (χ0) is 10.7. The highest BCUT2D eigenvalue weighted by atomic mass is 16.5. The highest BCUT2D eigenvalue weighted by Crippen LogP contribution is 2.27. The summed E-state index contributed by atoms with van der Waals surface area (Å²) >= 11 is 0. The van der Waals surface area contributed by atoms with Gasteiger partial charge < -0.3 is 4.74 Å². The number of ether oxygens (including phenoxy) is 1. The van der Waals surface area contributed by atoms with Crippen molar-refractivity contribution >= 4 is 11.5 Å². The van der Waals surface area contributed by atoms with Crippen LogP contribution in [0.3, 0.4) is 0 Å². The fourth-order valence-corrected chi connectivity index (χ4v) is 1.70. The molecule has 1 heterocycles. The van der Waals surface area contributed by atoms with Crippen molar-refractivity contribution in [2.45, 2.75) is 6.42 Å². The van der Waals surface area contributed by atoms with Gasteiger partial charge in [0.15, 0.2) is 0 Å². The molecule has 0 amide bonds. The second kappa shape index (κ2) is 4.13. The fraction of sp³-hybridized carbons (Fsp3) is 0.154. The van der Waals surface area contributed by atoms with Crippen LogP contribution in [0.25, 0.3) is 5.57 Å². The quantitative estimate of drug-likeness (QED) is 0.553. The van der Waals surface area contributed by atoms with Crippen molar-refractivity contribution in [1.29, 1.82) is 0 Å². The summed E-state index contributed by atoms with van der Waals surface area (Å²) in [4.78, 5) is 11.5. The standard InChI is InChI=1S/C13H12O2/c1-2-6-11-9-15-13(14)12(11)10-7-4-3-5-8-10/h2-5,7-8H,1,6,9H2. The van der Waals surface area contributed by atoms with Crippen LogP contribution in [0.4, 0.5) is 0 Å². The second-order valence-corrected chi connectivity index (χ2v) is 3.41. The van der Waals surface area contributed by atoms with Gasteiger partial charge in [-0.3, -0.25) is 0 Å². The molecule has 0 fully saturated rings. The van der Waals surface area contributed by atoms with Gasteiger partial charge in [-0.15, -0.1) is 6.58 Å². The number of rotatable bonds is 3. The lowest BCUT2D eigenvalue weighted by Crippen LogP contribution is -1.98. The van der Waals surface area contributed by atoms with E-state index in [4.69, 9.17) is 4.74 Å². The lowest BCUT2D eigenvalue weighted by Gasteiger charge is -2.00. The Morgan fingerprint density at radius 2 is 2.07 bits per heavy atom. The minimum Gasteiger partial charge on any atom is -0.458 e. The number of allylic oxidation sites excluding steroid dienone is 1. The van der Waals surface area contributed by atoms with Gasteiger partial charge in [-0.1, -0.05) is 36.4 Å². The van der Waals surface area contributed by atoms with Crippen molar-refractivity contribution in [3.8, 4) is 0 Å². The molecule has 0 bridgehead atoms. The molecule has 0 atom stereocenters. The Morgan fingerprint density at radius 3 is 2.73 bits per heavy atom. The largest absolute Gasteiger partial charge is 0.458 e. The molecule has 1 aromatic rings. The maximum absolute atomic E-state index is 11.5. The summed E-state index contributed by atoms with van der Waals surface area (Å²) in [6.07, 6.45) is 2.50. The van der Waals surface area contributed by atoms with Crippen molar-refractivity contribution in [2.75, 3.05) is 6.61 Å². The molecule has 2 heteroatoms. The Hall–Kier alpha value is -1.83. The smallest absolute Gasteiger partial charge is 0.339 e. The molecule has 2 rings (SSSR count). The van der Waals surface area contributed by atoms with Gasteiger partial charge in [-0.05, 0) is 17.6 Å². The van der Waals surface area contributed by atoms with E-state index < -0.39 is 0 Å². The molecule has 1 aliphatic rings. The van der Waals surface area contributed by atoms with Crippen LogP contribution in [-0.4, -0.2) is 12.6 Å². The van der Waals surface area contributed by atoms with Crippen molar-refractivity contribution in [2.24, 2.45) is 0 Å². The average molecular weight is 200 g/mol. The molecule has 2 nitrogen and oxygen atoms in total. The third-order valence-electron chi connectivity index (χ3n) is 2.39. The highest BCUT2D eigenvalue weighted by Gasteiger charge is 2.24. The molecule has 0 radical (unpaired) electrons. The van der Waals surface area contributed by atoms with Crippen molar-refractivity contribution in [3.05, 3.63) is 54.1 Å². The lowest BCUT2D eigenvalue weighted by atomic mass is 10.0. The molecule has 0 aliphatic carbocycles. The summed E-state index contributed by atoms with van der Waals surface area (Å²) in [5, 5.41) is 0. The summed E-state index contributed by atoms with van der Waals surface area (Å²) in [5.74, 6) is -0.224. The fourth-order valence-electron chi connectivity index (χ4n) is 1.70. The molecule has 0 saturated carbocycles. The molecule has 1 aliphatic heterocycles. The molecule has 0 N–H and O–H groups in total. The predicted molar refractivity (Wildman–Crippen MR) is 59.1 cm³/mol. The van der Waals surface area contributed by atoms with Gasteiger partial charge in [0, 0.05) is 0 Å². The number of cyclic esters (lactones) is 1. The van der Waals surface area contributed by atoms with E-state index in [2.05, 4.69) is 6.58 Å². The summed E-state index contributed by atoms with van der Waals surface area (Å²) in [5.41, 5.74) is 2.65. The van der Waals surface area contributed by atoms with E-state index in [0.717, 1.165) is 11.1 Å². The van der Waals surface area contributed by atoms with Gasteiger partial charge in [0.25, 0.3) is 0 Å². The van der Waals surface area contributed by atoms with Gasteiger partial charge in [0.1, 0.15) is 6.61 Å². The maximum Gasteiger partial charge on any atom is 0.339 e. The first-order chi connectivity index (χ1) is 7.33. The number of hydrogen-bond donors (Lipinski definition) is 0. The number of carbonyl (C=O) groups excluding carboxylic acids is 1. The zero-order valence-corrected chi connectivity index (χ0v) is 8.40. The van der Waals surface area contributed by atoms with Gasteiger partial charge in [0.2, 0.25) is 0 Å². The Kier molecular flexibility index (Phi) is 2.68. The monoisotopic (exact) mass is 200 g/mol. The summed E-state index contributed by atoms with van der Waals surface area (Å²) in [7, 11) is 0. The molecule has 1 aromatic carbocycles. The molecule has 0 unspecified atom stereocenters. The first kappa shape index (κ1) is 9.71. The van der Waals surface area contributed by atoms with Crippen molar-refractivity contribution in [1.82, 2.24) is 0 Å². The van der Waals surface area contributed by atoms with Crippen LogP contribution in [0.15, 0.2) is 48.6 Å². The first-order valence-corrected chi connectivity index (χ1v) is 4.88. The van der Waals surface area contributed by atoms with E-state index in [1.54, 1.807) is 6.08 Å². The molecule has 0 saturated heterocycles. The summed E-state index contributed by atoms with van der Waals surface area (Å²) in [6.45, 7) is 4.07. The summed E-state index contributed by atoms with van der Waals surface area (Å²) < 4.78 is 5.02. The molecular weight excluding hydrogens is 188 g/mol. The van der Waals surface area contributed by atoms with Crippen LogP contribution >= 0.6 is 0 Å². The van der Waals surface area contributed by atoms with Crippen LogP contribution in [-0.2, 0) is 9.53 Å². The molecule has 15 heavy (non-hydrogen) atoms. The van der Waals surface area contributed by atoms with Crippen LogP contribution in [0.1, 0.15) is 12.0 Å². The molecule has 0 spiro atoms. The minimum atomic E-state index is -0.224. The Morgan fingerprint density at radius 1 is 1.33 bits per heavy atom. The third-order valence-corrected chi connectivity index (χ3v) is 2.39.